The maximum absolute atomic E-state index is 13.9. The summed E-state index contributed by atoms with van der Waals surface area (Å²) >= 11 is 0. The van der Waals surface area contributed by atoms with Crippen molar-refractivity contribution >= 4 is 17.7 Å². The molecule has 0 radical (unpaired) electrons. The fourth-order valence-electron chi connectivity index (χ4n) is 6.72. The van der Waals surface area contributed by atoms with E-state index in [1.807, 2.05) is 24.8 Å². The molecule has 0 unspecified atom stereocenters. The van der Waals surface area contributed by atoms with Crippen LogP contribution in [0.15, 0.2) is 71.4 Å². The molecule has 44 heavy (non-hydrogen) atoms. The molecule has 2 aliphatic rings. The predicted octanol–water partition coefficient (Wildman–Crippen LogP) is 6.35. The summed E-state index contributed by atoms with van der Waals surface area (Å²) in [5.74, 6) is -0.0671. The molecule has 2 N–H and O–H groups in total. The van der Waals surface area contributed by atoms with Gasteiger partial charge in [0, 0.05) is 19.2 Å². The van der Waals surface area contributed by atoms with Crippen molar-refractivity contribution in [2.24, 2.45) is 11.8 Å². The largest absolute Gasteiger partial charge is 0.351 e. The van der Waals surface area contributed by atoms with E-state index in [-0.39, 0.29) is 23.5 Å². The van der Waals surface area contributed by atoms with E-state index >= 15 is 0 Å². The SMILES string of the molecule is CC[C@H](C)[C@H](NC(=O)[C@H](CC1CCCCC1)NC(=O)c1ccno1)C(=O)N1CCC(c2cccc(-c3ccccc3)c2)CC1. The molecule has 2 heterocycles. The van der Waals surface area contributed by atoms with E-state index in [2.05, 4.69) is 64.3 Å². The summed E-state index contributed by atoms with van der Waals surface area (Å²) in [6.07, 6.45) is 10.0. The van der Waals surface area contributed by atoms with Crippen molar-refractivity contribution in [1.29, 1.82) is 0 Å². The van der Waals surface area contributed by atoms with Crippen LogP contribution in [-0.2, 0) is 9.59 Å². The highest BCUT2D eigenvalue weighted by Crippen LogP contribution is 2.32. The molecule has 1 aliphatic carbocycles. The Labute approximate surface area is 261 Å². The number of benzene rings is 2. The third-order valence-electron chi connectivity index (χ3n) is 9.63. The van der Waals surface area contributed by atoms with Crippen LogP contribution in [-0.4, -0.2) is 53.0 Å². The highest BCUT2D eigenvalue weighted by Gasteiger charge is 2.35. The molecule has 8 nitrogen and oxygen atoms in total. The first-order chi connectivity index (χ1) is 21.4. The van der Waals surface area contributed by atoms with E-state index in [4.69, 9.17) is 4.52 Å². The van der Waals surface area contributed by atoms with Gasteiger partial charge in [0.25, 0.3) is 5.91 Å². The Morgan fingerprint density at radius 3 is 2.32 bits per heavy atom. The maximum Gasteiger partial charge on any atom is 0.290 e. The Balaban J connectivity index is 1.24. The van der Waals surface area contributed by atoms with Crippen LogP contribution in [0.4, 0.5) is 0 Å². The second kappa shape index (κ2) is 15.2. The van der Waals surface area contributed by atoms with E-state index in [9.17, 15) is 14.4 Å². The normalized spacial score (nSPS) is 18.3. The smallest absolute Gasteiger partial charge is 0.290 e. The van der Waals surface area contributed by atoms with Crippen LogP contribution in [0.1, 0.15) is 93.7 Å². The lowest BCUT2D eigenvalue weighted by molar-refractivity contribution is -0.139. The van der Waals surface area contributed by atoms with Crippen LogP contribution in [0.2, 0.25) is 0 Å². The molecule has 2 fully saturated rings. The average Bonchev–Trinajstić information content (AvgIpc) is 3.63. The lowest BCUT2D eigenvalue weighted by Gasteiger charge is -2.36. The molecule has 1 saturated carbocycles. The highest BCUT2D eigenvalue weighted by atomic mass is 16.5. The van der Waals surface area contributed by atoms with Crippen molar-refractivity contribution in [3.05, 3.63) is 78.2 Å². The summed E-state index contributed by atoms with van der Waals surface area (Å²) in [4.78, 5) is 42.5. The van der Waals surface area contributed by atoms with Gasteiger partial charge in [0.2, 0.25) is 17.6 Å². The molecule has 3 atom stereocenters. The number of hydrogen-bond acceptors (Lipinski definition) is 5. The van der Waals surface area contributed by atoms with E-state index in [1.165, 1.54) is 35.4 Å². The minimum absolute atomic E-state index is 0.0397. The van der Waals surface area contributed by atoms with Gasteiger partial charge in [-0.05, 0) is 53.7 Å². The van der Waals surface area contributed by atoms with Gasteiger partial charge in [0.05, 0.1) is 6.20 Å². The fourth-order valence-corrected chi connectivity index (χ4v) is 6.72. The number of carbonyl (C=O) groups is 3. The van der Waals surface area contributed by atoms with Crippen LogP contribution in [0.25, 0.3) is 11.1 Å². The molecule has 3 aromatic rings. The van der Waals surface area contributed by atoms with Gasteiger partial charge in [0.1, 0.15) is 12.1 Å². The lowest BCUT2D eigenvalue weighted by atomic mass is 9.84. The first-order valence-corrected chi connectivity index (χ1v) is 16.4. The monoisotopic (exact) mass is 598 g/mol. The Morgan fingerprint density at radius 2 is 1.64 bits per heavy atom. The Bertz CT molecular complexity index is 1360. The van der Waals surface area contributed by atoms with Crippen molar-refractivity contribution < 1.29 is 18.9 Å². The number of rotatable bonds is 11. The minimum atomic E-state index is -0.752. The molecule has 0 spiro atoms. The van der Waals surface area contributed by atoms with Gasteiger partial charge in [0.15, 0.2) is 0 Å². The first-order valence-electron chi connectivity index (χ1n) is 16.4. The zero-order chi connectivity index (χ0) is 30.9. The Kier molecular flexibility index (Phi) is 10.9. The quantitative estimate of drug-likeness (QED) is 0.268. The number of likely N-dealkylation sites (tertiary alicyclic amines) is 1. The summed E-state index contributed by atoms with van der Waals surface area (Å²) in [7, 11) is 0. The summed E-state index contributed by atoms with van der Waals surface area (Å²) in [5, 5.41) is 9.59. The number of aromatic nitrogens is 1. The van der Waals surface area contributed by atoms with E-state index in [1.54, 1.807) is 0 Å². The zero-order valence-corrected chi connectivity index (χ0v) is 26.0. The number of nitrogens with zero attached hydrogens (tertiary/aromatic N) is 2. The molecule has 1 aliphatic heterocycles. The summed E-state index contributed by atoms with van der Waals surface area (Å²) in [5.41, 5.74) is 3.71. The molecule has 234 valence electrons. The highest BCUT2D eigenvalue weighted by molar-refractivity contribution is 5.96. The molecule has 2 aromatic carbocycles. The van der Waals surface area contributed by atoms with Crippen LogP contribution in [0, 0.1) is 11.8 Å². The van der Waals surface area contributed by atoms with Crippen LogP contribution in [0.5, 0.6) is 0 Å². The van der Waals surface area contributed by atoms with Gasteiger partial charge in [-0.25, -0.2) is 0 Å². The standard InChI is InChI=1S/C36H46N4O4/c1-3-25(2)33(39-34(41)31(23-26-11-6-4-7-12-26)38-35(42)32-17-20-37-44-32)36(43)40-21-18-28(19-22-40)30-16-10-15-29(24-30)27-13-8-5-9-14-27/h5,8-10,13-17,20,24-26,28,31,33H,3-4,6-7,11-12,18-19,21-23H2,1-2H3,(H,38,42)(H,39,41)/t25-,31-,33-/m0/s1. The molecule has 1 saturated heterocycles. The molecule has 0 bridgehead atoms. The number of hydrogen-bond donors (Lipinski definition) is 2. The molecular weight excluding hydrogens is 552 g/mol. The van der Waals surface area contributed by atoms with Gasteiger partial charge in [-0.2, -0.15) is 0 Å². The van der Waals surface area contributed by atoms with Gasteiger partial charge in [-0.15, -0.1) is 0 Å². The number of piperidine rings is 1. The summed E-state index contributed by atoms with van der Waals surface area (Å²) < 4.78 is 5.04. The van der Waals surface area contributed by atoms with E-state index < -0.39 is 18.0 Å². The van der Waals surface area contributed by atoms with Gasteiger partial charge < -0.3 is 20.1 Å². The van der Waals surface area contributed by atoms with E-state index in [0.29, 0.717) is 31.3 Å². The van der Waals surface area contributed by atoms with E-state index in [0.717, 1.165) is 44.9 Å². The van der Waals surface area contributed by atoms with Crippen molar-refractivity contribution in [1.82, 2.24) is 20.7 Å². The predicted molar refractivity (Wildman–Crippen MR) is 171 cm³/mol. The number of carbonyl (C=O) groups excluding carboxylic acids is 3. The van der Waals surface area contributed by atoms with Crippen molar-refractivity contribution in [2.45, 2.75) is 89.6 Å². The average molecular weight is 599 g/mol. The first kappa shape index (κ1) is 31.5. The van der Waals surface area contributed by atoms with Gasteiger partial charge >= 0.3 is 0 Å². The third kappa shape index (κ3) is 7.96. The summed E-state index contributed by atoms with van der Waals surface area (Å²) in [6, 6.07) is 19.2. The third-order valence-corrected chi connectivity index (χ3v) is 9.63. The Morgan fingerprint density at radius 1 is 0.909 bits per heavy atom. The molecule has 1 aromatic heterocycles. The van der Waals surface area contributed by atoms with Gasteiger partial charge in [-0.1, -0.05) is 112 Å². The van der Waals surface area contributed by atoms with Crippen LogP contribution in [0.3, 0.4) is 0 Å². The molecule has 5 rings (SSSR count). The zero-order valence-electron chi connectivity index (χ0n) is 26.0. The summed E-state index contributed by atoms with van der Waals surface area (Å²) in [6.45, 7) is 5.34. The minimum Gasteiger partial charge on any atom is -0.351 e. The van der Waals surface area contributed by atoms with Crippen LogP contribution < -0.4 is 10.6 Å². The molecular formula is C36H46N4O4. The fraction of sp³-hybridized carbons (Fsp3) is 0.500. The number of amides is 3. The second-order valence-electron chi connectivity index (χ2n) is 12.6. The van der Waals surface area contributed by atoms with Crippen LogP contribution >= 0.6 is 0 Å². The lowest BCUT2D eigenvalue weighted by Crippen LogP contribution is -2.57. The van der Waals surface area contributed by atoms with Crippen molar-refractivity contribution in [2.75, 3.05) is 13.1 Å². The van der Waals surface area contributed by atoms with Crippen molar-refractivity contribution in [3.8, 4) is 11.1 Å². The number of nitrogens with one attached hydrogen (secondary N) is 2. The van der Waals surface area contributed by atoms with Crippen molar-refractivity contribution in [3.63, 3.8) is 0 Å². The van der Waals surface area contributed by atoms with Gasteiger partial charge in [-0.3, -0.25) is 14.4 Å². The molecule has 3 amide bonds. The second-order valence-corrected chi connectivity index (χ2v) is 12.6. The maximum atomic E-state index is 13.9. The topological polar surface area (TPSA) is 105 Å². The Hall–Kier alpha value is -3.94. The molecule has 8 heteroatoms.